The quantitative estimate of drug-likeness (QED) is 0.0356. The Labute approximate surface area is 317 Å². The van der Waals surface area contributed by atoms with Crippen molar-refractivity contribution in [2.45, 2.75) is 252 Å². The van der Waals surface area contributed by atoms with E-state index in [9.17, 15) is 14.4 Å². The Hall–Kier alpha value is -1.59. The summed E-state index contributed by atoms with van der Waals surface area (Å²) < 4.78 is 16.7. The summed E-state index contributed by atoms with van der Waals surface area (Å²) in [6.07, 6.45) is 38.1. The van der Waals surface area contributed by atoms with Crippen molar-refractivity contribution < 1.29 is 28.6 Å². The summed E-state index contributed by atoms with van der Waals surface area (Å²) >= 11 is 0. The zero-order valence-electron chi connectivity index (χ0n) is 34.6. The van der Waals surface area contributed by atoms with E-state index in [4.69, 9.17) is 14.2 Å². The van der Waals surface area contributed by atoms with Crippen molar-refractivity contribution in [1.29, 1.82) is 0 Å². The fourth-order valence-electron chi connectivity index (χ4n) is 6.63. The van der Waals surface area contributed by atoms with Gasteiger partial charge in [-0.15, -0.1) is 0 Å². The molecule has 0 saturated heterocycles. The van der Waals surface area contributed by atoms with Gasteiger partial charge in [-0.05, 0) is 25.2 Å². The minimum Gasteiger partial charge on any atom is -0.462 e. The average Bonchev–Trinajstić information content (AvgIpc) is 3.11. The van der Waals surface area contributed by atoms with Crippen molar-refractivity contribution >= 4 is 17.9 Å². The first-order valence-corrected chi connectivity index (χ1v) is 22.4. The van der Waals surface area contributed by atoms with Gasteiger partial charge in [0.25, 0.3) is 0 Å². The predicted octanol–water partition coefficient (Wildman–Crippen LogP) is 13.9. The Morgan fingerprint density at radius 2 is 0.647 bits per heavy atom. The summed E-state index contributed by atoms with van der Waals surface area (Å²) in [4.78, 5) is 37.6. The highest BCUT2D eigenvalue weighted by Crippen LogP contribution is 2.16. The molecule has 1 atom stereocenters. The molecular weight excluding hydrogens is 636 g/mol. The van der Waals surface area contributed by atoms with Crippen molar-refractivity contribution in [2.24, 2.45) is 5.92 Å². The molecule has 0 amide bonds. The molecule has 0 bridgehead atoms. The summed E-state index contributed by atoms with van der Waals surface area (Å²) in [5.74, 6) is -0.0985. The lowest BCUT2D eigenvalue weighted by atomic mass is 10.0. The highest BCUT2D eigenvalue weighted by Gasteiger charge is 2.19. The SMILES string of the molecule is CCCCCCCCCCCCCCCCCC(=O)O[C@H](COC(=O)CCCCCCCCCCC)COC(=O)CCCCCCCCC(C)C. The van der Waals surface area contributed by atoms with E-state index in [0.717, 1.165) is 63.7 Å². The van der Waals surface area contributed by atoms with Crippen LogP contribution in [0.1, 0.15) is 246 Å². The van der Waals surface area contributed by atoms with E-state index in [0.29, 0.717) is 19.3 Å². The minimum absolute atomic E-state index is 0.0650. The van der Waals surface area contributed by atoms with E-state index >= 15 is 0 Å². The first-order chi connectivity index (χ1) is 24.9. The van der Waals surface area contributed by atoms with Gasteiger partial charge in [0.05, 0.1) is 0 Å². The second-order valence-electron chi connectivity index (χ2n) is 15.8. The number of ether oxygens (including phenoxy) is 3. The fraction of sp³-hybridized carbons (Fsp3) is 0.933. The predicted molar refractivity (Wildman–Crippen MR) is 215 cm³/mol. The molecule has 6 heteroatoms. The van der Waals surface area contributed by atoms with Crippen LogP contribution < -0.4 is 0 Å². The molecular formula is C45H86O6. The van der Waals surface area contributed by atoms with E-state index in [1.54, 1.807) is 0 Å². The van der Waals surface area contributed by atoms with Gasteiger partial charge in [-0.25, -0.2) is 0 Å². The lowest BCUT2D eigenvalue weighted by Gasteiger charge is -2.18. The summed E-state index contributed by atoms with van der Waals surface area (Å²) in [6, 6.07) is 0. The summed E-state index contributed by atoms with van der Waals surface area (Å²) in [5.41, 5.74) is 0. The Morgan fingerprint density at radius 3 is 0.961 bits per heavy atom. The molecule has 0 aliphatic carbocycles. The van der Waals surface area contributed by atoms with E-state index in [1.807, 2.05) is 0 Å². The fourth-order valence-corrected chi connectivity index (χ4v) is 6.63. The number of rotatable bonds is 40. The monoisotopic (exact) mass is 723 g/mol. The van der Waals surface area contributed by atoms with Gasteiger partial charge >= 0.3 is 17.9 Å². The van der Waals surface area contributed by atoms with Gasteiger partial charge in [0.15, 0.2) is 6.10 Å². The first kappa shape index (κ1) is 49.4. The van der Waals surface area contributed by atoms with Crippen LogP contribution in [0.5, 0.6) is 0 Å². The molecule has 51 heavy (non-hydrogen) atoms. The van der Waals surface area contributed by atoms with Gasteiger partial charge in [0, 0.05) is 19.3 Å². The maximum absolute atomic E-state index is 12.7. The van der Waals surface area contributed by atoms with Crippen LogP contribution in [0, 0.1) is 5.92 Å². The molecule has 302 valence electrons. The van der Waals surface area contributed by atoms with Crippen LogP contribution >= 0.6 is 0 Å². The number of carbonyl (C=O) groups excluding carboxylic acids is 3. The molecule has 0 radical (unpaired) electrons. The third-order valence-corrected chi connectivity index (χ3v) is 10.0. The molecule has 0 N–H and O–H groups in total. The summed E-state index contributed by atoms with van der Waals surface area (Å²) in [5, 5.41) is 0. The molecule has 0 aromatic carbocycles. The average molecular weight is 723 g/mol. The van der Waals surface area contributed by atoms with Crippen LogP contribution in [0.15, 0.2) is 0 Å². The lowest BCUT2D eigenvalue weighted by molar-refractivity contribution is -0.167. The van der Waals surface area contributed by atoms with Gasteiger partial charge in [-0.1, -0.05) is 207 Å². The van der Waals surface area contributed by atoms with Gasteiger partial charge in [0.1, 0.15) is 13.2 Å². The standard InChI is InChI=1S/C45H86O6/c1-5-7-9-11-13-15-16-17-18-19-20-22-24-30-34-38-45(48)51-42(39-49-43(46)36-32-28-23-21-14-12-10-8-6-2)40-50-44(47)37-33-29-26-25-27-31-35-41(3)4/h41-42H,5-40H2,1-4H3/t42-/m1/s1. The molecule has 0 heterocycles. The third-order valence-electron chi connectivity index (χ3n) is 10.0. The highest BCUT2D eigenvalue weighted by molar-refractivity contribution is 5.71. The molecule has 0 fully saturated rings. The maximum Gasteiger partial charge on any atom is 0.306 e. The normalized spacial score (nSPS) is 11.9. The minimum atomic E-state index is -0.759. The van der Waals surface area contributed by atoms with Gasteiger partial charge in [-0.2, -0.15) is 0 Å². The number of unbranched alkanes of at least 4 members (excludes halogenated alkanes) is 27. The topological polar surface area (TPSA) is 78.9 Å². The van der Waals surface area contributed by atoms with Gasteiger partial charge < -0.3 is 14.2 Å². The van der Waals surface area contributed by atoms with Crippen molar-refractivity contribution in [3.63, 3.8) is 0 Å². The Bertz CT molecular complexity index is 766. The Balaban J connectivity index is 4.29. The molecule has 0 aromatic rings. The largest absolute Gasteiger partial charge is 0.462 e. The zero-order valence-corrected chi connectivity index (χ0v) is 34.6. The van der Waals surface area contributed by atoms with Gasteiger partial charge in [0.2, 0.25) is 0 Å². The molecule has 0 rings (SSSR count). The molecule has 0 aromatic heterocycles. The Kier molecular flexibility index (Phi) is 38.4. The van der Waals surface area contributed by atoms with Crippen molar-refractivity contribution in [2.75, 3.05) is 13.2 Å². The van der Waals surface area contributed by atoms with E-state index < -0.39 is 6.10 Å². The first-order valence-electron chi connectivity index (χ1n) is 22.4. The number of carbonyl (C=O) groups is 3. The second kappa shape index (κ2) is 39.6. The molecule has 6 nitrogen and oxygen atoms in total. The van der Waals surface area contributed by atoms with E-state index in [-0.39, 0.29) is 31.1 Å². The van der Waals surface area contributed by atoms with E-state index in [1.165, 1.54) is 141 Å². The van der Waals surface area contributed by atoms with Crippen molar-refractivity contribution in [3.05, 3.63) is 0 Å². The highest BCUT2D eigenvalue weighted by atomic mass is 16.6. The van der Waals surface area contributed by atoms with Crippen molar-refractivity contribution in [1.82, 2.24) is 0 Å². The van der Waals surface area contributed by atoms with E-state index in [2.05, 4.69) is 27.7 Å². The van der Waals surface area contributed by atoms with Crippen LogP contribution in [-0.2, 0) is 28.6 Å². The van der Waals surface area contributed by atoms with Crippen molar-refractivity contribution in [3.8, 4) is 0 Å². The van der Waals surface area contributed by atoms with Crippen LogP contribution in [-0.4, -0.2) is 37.2 Å². The van der Waals surface area contributed by atoms with Crippen LogP contribution in [0.4, 0.5) is 0 Å². The zero-order chi connectivity index (χ0) is 37.5. The molecule has 0 saturated carbocycles. The van der Waals surface area contributed by atoms with Crippen LogP contribution in [0.3, 0.4) is 0 Å². The molecule has 0 unspecified atom stereocenters. The maximum atomic E-state index is 12.7. The summed E-state index contributed by atoms with van der Waals surface area (Å²) in [7, 11) is 0. The lowest BCUT2D eigenvalue weighted by Crippen LogP contribution is -2.30. The number of hydrogen-bond acceptors (Lipinski definition) is 6. The molecule has 0 aliphatic heterocycles. The summed E-state index contributed by atoms with van der Waals surface area (Å²) in [6.45, 7) is 8.91. The number of esters is 3. The van der Waals surface area contributed by atoms with Gasteiger partial charge in [-0.3, -0.25) is 14.4 Å². The molecule has 0 spiro atoms. The third kappa shape index (κ3) is 39.5. The molecule has 0 aliphatic rings. The van der Waals surface area contributed by atoms with Crippen LogP contribution in [0.2, 0.25) is 0 Å². The second-order valence-corrected chi connectivity index (χ2v) is 15.8. The number of hydrogen-bond donors (Lipinski definition) is 0. The smallest absolute Gasteiger partial charge is 0.306 e. The van der Waals surface area contributed by atoms with Crippen LogP contribution in [0.25, 0.3) is 0 Å². The Morgan fingerprint density at radius 1 is 0.373 bits per heavy atom.